The first-order valence-corrected chi connectivity index (χ1v) is 7.28. The highest BCUT2D eigenvalue weighted by Gasteiger charge is 2.32. The van der Waals surface area contributed by atoms with Gasteiger partial charge in [-0.25, -0.2) is 4.79 Å². The minimum Gasteiger partial charge on any atom is -0.467 e. The summed E-state index contributed by atoms with van der Waals surface area (Å²) in [6.07, 6.45) is 1.82. The number of nitrogens with zero attached hydrogens (tertiary/aromatic N) is 1. The molecular formula is C16H22N2O3. The van der Waals surface area contributed by atoms with Crippen molar-refractivity contribution < 1.29 is 14.3 Å². The molecule has 1 heterocycles. The molecule has 0 bridgehead atoms. The molecule has 0 aromatic heterocycles. The van der Waals surface area contributed by atoms with E-state index in [1.807, 2.05) is 18.2 Å². The van der Waals surface area contributed by atoms with Gasteiger partial charge in [0.15, 0.2) is 0 Å². The quantitative estimate of drug-likeness (QED) is 0.831. The maximum atomic E-state index is 12.3. The lowest BCUT2D eigenvalue weighted by Crippen LogP contribution is -2.48. The van der Waals surface area contributed by atoms with Crippen LogP contribution in [-0.2, 0) is 20.9 Å². The molecule has 5 heteroatoms. The average Bonchev–Trinajstić information content (AvgIpc) is 2.95. The topological polar surface area (TPSA) is 58.6 Å². The van der Waals surface area contributed by atoms with Crippen LogP contribution in [0.5, 0.6) is 0 Å². The standard InChI is InChI=1S/C16H22N2O3/c1-12(16(20)21-2)17-15(19)14-9-6-10-18(14)11-13-7-4-3-5-8-13/h3-5,7-8,12,14H,6,9-11H2,1-2H3,(H,17,19)/t12-,14+/m0/s1. The lowest BCUT2D eigenvalue weighted by molar-refractivity contribution is -0.145. The van der Waals surface area contributed by atoms with Crippen molar-refractivity contribution in [3.8, 4) is 0 Å². The van der Waals surface area contributed by atoms with Crippen molar-refractivity contribution in [3.63, 3.8) is 0 Å². The van der Waals surface area contributed by atoms with E-state index < -0.39 is 12.0 Å². The van der Waals surface area contributed by atoms with E-state index in [4.69, 9.17) is 0 Å². The van der Waals surface area contributed by atoms with Crippen LogP contribution in [0.1, 0.15) is 25.3 Å². The monoisotopic (exact) mass is 290 g/mol. The highest BCUT2D eigenvalue weighted by atomic mass is 16.5. The van der Waals surface area contributed by atoms with Gasteiger partial charge in [-0.3, -0.25) is 9.69 Å². The van der Waals surface area contributed by atoms with E-state index in [2.05, 4.69) is 27.1 Å². The Kier molecular flexibility index (Phi) is 5.33. The van der Waals surface area contributed by atoms with Gasteiger partial charge in [0.1, 0.15) is 6.04 Å². The zero-order valence-corrected chi connectivity index (χ0v) is 12.5. The number of ether oxygens (including phenoxy) is 1. The smallest absolute Gasteiger partial charge is 0.328 e. The van der Waals surface area contributed by atoms with E-state index in [0.717, 1.165) is 25.9 Å². The average molecular weight is 290 g/mol. The van der Waals surface area contributed by atoms with Crippen LogP contribution in [0.2, 0.25) is 0 Å². The third-order valence-electron chi connectivity index (χ3n) is 3.81. The minimum atomic E-state index is -0.610. The molecule has 0 unspecified atom stereocenters. The maximum absolute atomic E-state index is 12.3. The number of nitrogens with one attached hydrogen (secondary N) is 1. The highest BCUT2D eigenvalue weighted by Crippen LogP contribution is 2.20. The molecule has 1 aliphatic rings. The molecule has 1 amide bonds. The first-order chi connectivity index (χ1) is 10.1. The van der Waals surface area contributed by atoms with E-state index in [1.165, 1.54) is 12.7 Å². The maximum Gasteiger partial charge on any atom is 0.328 e. The van der Waals surface area contributed by atoms with Crippen LogP contribution in [0.3, 0.4) is 0 Å². The van der Waals surface area contributed by atoms with Gasteiger partial charge in [0.25, 0.3) is 0 Å². The van der Waals surface area contributed by atoms with Crippen LogP contribution in [0.4, 0.5) is 0 Å². The molecule has 114 valence electrons. The zero-order valence-electron chi connectivity index (χ0n) is 12.5. The number of carbonyl (C=O) groups is 2. The van der Waals surface area contributed by atoms with Crippen LogP contribution >= 0.6 is 0 Å². The van der Waals surface area contributed by atoms with Crippen molar-refractivity contribution in [1.82, 2.24) is 10.2 Å². The second-order valence-electron chi connectivity index (χ2n) is 5.37. The normalized spacial score (nSPS) is 20.0. The van der Waals surface area contributed by atoms with Crippen molar-refractivity contribution in [2.75, 3.05) is 13.7 Å². The zero-order chi connectivity index (χ0) is 15.2. The lowest BCUT2D eigenvalue weighted by atomic mass is 10.1. The second-order valence-corrected chi connectivity index (χ2v) is 5.37. The number of hydrogen-bond acceptors (Lipinski definition) is 4. The summed E-state index contributed by atoms with van der Waals surface area (Å²) in [6.45, 7) is 3.30. The third kappa shape index (κ3) is 4.04. The van der Waals surface area contributed by atoms with Crippen LogP contribution in [-0.4, -0.2) is 42.5 Å². The van der Waals surface area contributed by atoms with Gasteiger partial charge in [0.05, 0.1) is 13.2 Å². The summed E-state index contributed by atoms with van der Waals surface area (Å²) in [5, 5.41) is 2.73. The van der Waals surface area contributed by atoms with Gasteiger partial charge in [-0.05, 0) is 31.9 Å². The molecule has 21 heavy (non-hydrogen) atoms. The van der Waals surface area contributed by atoms with Crippen molar-refractivity contribution >= 4 is 11.9 Å². The Morgan fingerprint density at radius 1 is 1.38 bits per heavy atom. The SMILES string of the molecule is COC(=O)[C@H](C)NC(=O)[C@H]1CCCN1Cc1ccccc1. The van der Waals surface area contributed by atoms with Crippen LogP contribution in [0.15, 0.2) is 30.3 Å². The Balaban J connectivity index is 1.95. The van der Waals surface area contributed by atoms with E-state index in [9.17, 15) is 9.59 Å². The number of benzene rings is 1. The van der Waals surface area contributed by atoms with Crippen molar-refractivity contribution in [1.29, 1.82) is 0 Å². The van der Waals surface area contributed by atoms with E-state index in [1.54, 1.807) is 6.92 Å². The predicted molar refractivity (Wildman–Crippen MR) is 79.5 cm³/mol. The largest absolute Gasteiger partial charge is 0.467 e. The molecule has 1 aromatic carbocycles. The van der Waals surface area contributed by atoms with E-state index in [-0.39, 0.29) is 11.9 Å². The molecule has 1 aliphatic heterocycles. The fourth-order valence-corrected chi connectivity index (χ4v) is 2.68. The first kappa shape index (κ1) is 15.5. The lowest BCUT2D eigenvalue weighted by Gasteiger charge is -2.24. The molecule has 0 radical (unpaired) electrons. The van der Waals surface area contributed by atoms with Gasteiger partial charge in [-0.1, -0.05) is 30.3 Å². The van der Waals surface area contributed by atoms with Crippen molar-refractivity contribution in [2.45, 2.75) is 38.4 Å². The van der Waals surface area contributed by atoms with Gasteiger partial charge in [0.2, 0.25) is 5.91 Å². The minimum absolute atomic E-state index is 0.0960. The number of methoxy groups -OCH3 is 1. The number of likely N-dealkylation sites (tertiary alicyclic amines) is 1. The summed E-state index contributed by atoms with van der Waals surface area (Å²) in [6, 6.07) is 9.32. The molecule has 2 atom stereocenters. The van der Waals surface area contributed by atoms with Crippen molar-refractivity contribution in [2.24, 2.45) is 0 Å². The second kappa shape index (κ2) is 7.22. The summed E-state index contributed by atoms with van der Waals surface area (Å²) in [5.41, 5.74) is 1.19. The predicted octanol–water partition coefficient (Wildman–Crippen LogP) is 1.33. The number of esters is 1. The summed E-state index contributed by atoms with van der Waals surface area (Å²) in [7, 11) is 1.32. The summed E-state index contributed by atoms with van der Waals surface area (Å²) < 4.78 is 4.63. The number of amides is 1. The van der Waals surface area contributed by atoms with E-state index >= 15 is 0 Å². The van der Waals surface area contributed by atoms with Gasteiger partial charge in [0, 0.05) is 6.54 Å². The number of rotatable bonds is 5. The number of hydrogen-bond donors (Lipinski definition) is 1. The summed E-state index contributed by atoms with van der Waals surface area (Å²) >= 11 is 0. The van der Waals surface area contributed by atoms with Crippen LogP contribution < -0.4 is 5.32 Å². The Labute approximate surface area is 125 Å². The Morgan fingerprint density at radius 2 is 2.10 bits per heavy atom. The summed E-state index contributed by atoms with van der Waals surface area (Å²) in [5.74, 6) is -0.516. The van der Waals surface area contributed by atoms with Crippen LogP contribution in [0, 0.1) is 0 Å². The molecule has 0 spiro atoms. The third-order valence-corrected chi connectivity index (χ3v) is 3.81. The molecule has 1 N–H and O–H groups in total. The Hall–Kier alpha value is -1.88. The van der Waals surface area contributed by atoms with Gasteiger partial charge < -0.3 is 10.1 Å². The fourth-order valence-electron chi connectivity index (χ4n) is 2.68. The molecular weight excluding hydrogens is 268 g/mol. The molecule has 1 aromatic rings. The molecule has 0 aliphatic carbocycles. The first-order valence-electron chi connectivity index (χ1n) is 7.28. The molecule has 2 rings (SSSR count). The van der Waals surface area contributed by atoms with E-state index in [0.29, 0.717) is 0 Å². The van der Waals surface area contributed by atoms with Crippen molar-refractivity contribution in [3.05, 3.63) is 35.9 Å². The van der Waals surface area contributed by atoms with Gasteiger partial charge in [-0.2, -0.15) is 0 Å². The molecule has 5 nitrogen and oxygen atoms in total. The highest BCUT2D eigenvalue weighted by molar-refractivity contribution is 5.87. The number of carbonyl (C=O) groups excluding carboxylic acids is 2. The molecule has 0 saturated carbocycles. The Morgan fingerprint density at radius 3 is 2.76 bits per heavy atom. The van der Waals surface area contributed by atoms with Gasteiger partial charge in [-0.15, -0.1) is 0 Å². The molecule has 1 fully saturated rings. The fraction of sp³-hybridized carbons (Fsp3) is 0.500. The van der Waals surface area contributed by atoms with Crippen LogP contribution in [0.25, 0.3) is 0 Å². The Bertz CT molecular complexity index is 490. The van der Waals surface area contributed by atoms with Gasteiger partial charge >= 0.3 is 5.97 Å². The molecule has 1 saturated heterocycles. The summed E-state index contributed by atoms with van der Waals surface area (Å²) in [4.78, 5) is 25.9.